The number of likely N-dealkylation sites (tertiary alicyclic amines) is 2. The first kappa shape index (κ1) is 38.6. The maximum absolute atomic E-state index is 13.5. The minimum absolute atomic E-state index is 0.0521. The lowest BCUT2D eigenvalue weighted by Crippen LogP contribution is -2.51. The largest absolute Gasteiger partial charge is 0.453 e. The van der Waals surface area contributed by atoms with Gasteiger partial charge in [-0.05, 0) is 66.4 Å². The highest BCUT2D eigenvalue weighted by Crippen LogP contribution is 2.36. The van der Waals surface area contributed by atoms with Crippen LogP contribution < -0.4 is 10.6 Å². The Bertz CT molecular complexity index is 1930. The van der Waals surface area contributed by atoms with Gasteiger partial charge in [0.25, 0.3) is 0 Å². The number of amides is 4. The summed E-state index contributed by atoms with van der Waals surface area (Å²) in [4.78, 5) is 74.4. The van der Waals surface area contributed by atoms with Gasteiger partial charge in [0.2, 0.25) is 17.7 Å². The normalized spacial score (nSPS) is 20.6. The molecule has 2 aliphatic rings. The lowest BCUT2D eigenvalue weighted by atomic mass is 10.0. The van der Waals surface area contributed by atoms with E-state index in [1.807, 2.05) is 38.7 Å². The van der Waals surface area contributed by atoms with Gasteiger partial charge in [0, 0.05) is 31.8 Å². The zero-order valence-electron chi connectivity index (χ0n) is 31.6. The maximum Gasteiger partial charge on any atom is 0.407 e. The summed E-state index contributed by atoms with van der Waals surface area (Å²) in [5.41, 5.74) is 2.45. The Morgan fingerprint density at radius 3 is 1.72 bits per heavy atom. The Balaban J connectivity index is 1.23. The van der Waals surface area contributed by atoms with Gasteiger partial charge >= 0.3 is 6.09 Å². The number of aromatic amines is 2. The monoisotopic (exact) mass is 723 g/mol. The average Bonchev–Trinajstić information content (AvgIpc) is 3.93. The summed E-state index contributed by atoms with van der Waals surface area (Å²) >= 11 is 0. The molecule has 5 heterocycles. The molecular weight excluding hydrogens is 674 g/mol. The Morgan fingerprint density at radius 1 is 0.755 bits per heavy atom. The van der Waals surface area contributed by atoms with Gasteiger partial charge in [0.05, 0.1) is 31.6 Å². The van der Waals surface area contributed by atoms with Crippen molar-refractivity contribution >= 4 is 23.8 Å². The van der Waals surface area contributed by atoms with Crippen molar-refractivity contribution in [2.75, 3.05) is 20.2 Å². The van der Waals surface area contributed by atoms with E-state index in [9.17, 15) is 19.2 Å². The Hall–Kier alpha value is -5.63. The van der Waals surface area contributed by atoms with Gasteiger partial charge in [-0.15, -0.1) is 0 Å². The highest BCUT2D eigenvalue weighted by molar-refractivity contribution is 5.88. The number of pyridine rings is 1. The Morgan fingerprint density at radius 2 is 1.26 bits per heavy atom. The number of hydrogen-bond donors (Lipinski definition) is 4. The molecule has 2 aliphatic heterocycles. The van der Waals surface area contributed by atoms with Gasteiger partial charge in [-0.2, -0.15) is 0 Å². The summed E-state index contributed by atoms with van der Waals surface area (Å²) < 4.78 is 4.74. The van der Waals surface area contributed by atoms with Crippen molar-refractivity contribution in [1.29, 1.82) is 0 Å². The fourth-order valence-corrected chi connectivity index (χ4v) is 6.84. The highest BCUT2D eigenvalue weighted by atomic mass is 16.5. The molecule has 5 rings (SSSR count). The maximum atomic E-state index is 13.5. The Labute approximate surface area is 310 Å². The first-order valence-corrected chi connectivity index (χ1v) is 18.1. The van der Waals surface area contributed by atoms with Crippen LogP contribution in [0.2, 0.25) is 0 Å². The first-order chi connectivity index (χ1) is 25.2. The number of nitrogens with zero attached hydrogens (tertiary/aromatic N) is 5. The molecule has 0 spiro atoms. The molecule has 14 heteroatoms. The summed E-state index contributed by atoms with van der Waals surface area (Å²) in [6.45, 7) is 14.4. The minimum atomic E-state index is -0.718. The van der Waals surface area contributed by atoms with Crippen LogP contribution in [0.5, 0.6) is 0 Å². The number of H-pyrrole nitrogens is 2. The van der Waals surface area contributed by atoms with E-state index in [4.69, 9.17) is 4.74 Å². The smallest absolute Gasteiger partial charge is 0.407 e. The van der Waals surface area contributed by atoms with Crippen molar-refractivity contribution in [3.8, 4) is 23.7 Å². The van der Waals surface area contributed by atoms with E-state index < -0.39 is 18.2 Å². The predicted octanol–water partition coefficient (Wildman–Crippen LogP) is 3.69. The van der Waals surface area contributed by atoms with Crippen molar-refractivity contribution in [3.63, 3.8) is 0 Å². The number of imidazole rings is 2. The molecule has 0 aliphatic carbocycles. The number of ether oxygens (including phenoxy) is 1. The molecule has 0 unspecified atom stereocenters. The molecule has 0 bridgehead atoms. The van der Waals surface area contributed by atoms with Gasteiger partial charge in [-0.1, -0.05) is 47.5 Å². The summed E-state index contributed by atoms with van der Waals surface area (Å²) in [5, 5.41) is 5.48. The predicted molar refractivity (Wildman–Crippen MR) is 196 cm³/mol. The number of aromatic nitrogens is 5. The second-order valence-electron chi connectivity index (χ2n) is 14.8. The number of rotatable bonds is 8. The number of hydrogen-bond acceptors (Lipinski definition) is 8. The fourth-order valence-electron chi connectivity index (χ4n) is 6.84. The minimum Gasteiger partial charge on any atom is -0.453 e. The quantitative estimate of drug-likeness (QED) is 0.254. The first-order valence-electron chi connectivity index (χ1n) is 18.1. The third-order valence-corrected chi connectivity index (χ3v) is 9.52. The van der Waals surface area contributed by atoms with Crippen LogP contribution in [0.3, 0.4) is 0 Å². The molecular formula is C39H49N9O5. The van der Waals surface area contributed by atoms with Crippen LogP contribution in [0.15, 0.2) is 30.7 Å². The third kappa shape index (κ3) is 9.43. The topological polar surface area (TPSA) is 178 Å². The zero-order chi connectivity index (χ0) is 38.4. The van der Waals surface area contributed by atoms with Gasteiger partial charge < -0.3 is 35.1 Å². The number of carbonyl (C=O) groups is 4. The van der Waals surface area contributed by atoms with Crippen molar-refractivity contribution in [2.24, 2.45) is 23.7 Å². The molecule has 0 aromatic carbocycles. The molecule has 4 N–H and O–H groups in total. The van der Waals surface area contributed by atoms with Crippen LogP contribution in [-0.4, -0.2) is 90.8 Å². The molecule has 3 aromatic rings. The molecule has 0 radical (unpaired) electrons. The summed E-state index contributed by atoms with van der Waals surface area (Å²) in [5.74, 6) is 13.5. The second kappa shape index (κ2) is 16.8. The molecule has 2 fully saturated rings. The van der Waals surface area contributed by atoms with E-state index in [0.717, 1.165) is 12.8 Å². The molecule has 53 heavy (non-hydrogen) atoms. The van der Waals surface area contributed by atoms with Gasteiger partial charge in [-0.25, -0.2) is 19.7 Å². The fraction of sp³-hybridized carbons (Fsp3) is 0.513. The average molecular weight is 724 g/mol. The van der Waals surface area contributed by atoms with E-state index in [1.54, 1.807) is 29.6 Å². The summed E-state index contributed by atoms with van der Waals surface area (Å²) in [6, 6.07) is 1.80. The van der Waals surface area contributed by atoms with Crippen LogP contribution in [0.1, 0.15) is 108 Å². The highest BCUT2D eigenvalue weighted by Gasteiger charge is 2.41. The molecule has 14 nitrogen and oxygen atoms in total. The standard InChI is InChI=1S/C39H49N9O5/c1-22(2)33(43-26(7)49)37(50)47-20-24(5)15-31(47)35-41-18-29(44-35)12-10-27-9-11-28(40-17-27)13-14-30-19-42-36(45-30)32-16-25(6)21-48(32)38(51)34(23(3)4)46-39(52)53-8/h9,11,17-19,22-25,31-34H,15-16,20-21H2,1-8H3,(H,41,44)(H,42,45)(H,43,49)(H,46,52)/t24-,25-,31-,32-,33-,34-/m0/s1. The van der Waals surface area contributed by atoms with Crippen molar-refractivity contribution < 1.29 is 23.9 Å². The van der Waals surface area contributed by atoms with Crippen molar-refractivity contribution in [2.45, 2.75) is 85.5 Å². The summed E-state index contributed by atoms with van der Waals surface area (Å²) in [7, 11) is 1.28. The molecule has 4 amide bonds. The number of nitrogens with one attached hydrogen (secondary N) is 4. The van der Waals surface area contributed by atoms with Gasteiger partial charge in [0.1, 0.15) is 40.8 Å². The molecule has 280 valence electrons. The van der Waals surface area contributed by atoms with E-state index in [1.165, 1.54) is 14.0 Å². The number of methoxy groups -OCH3 is 1. The van der Waals surface area contributed by atoms with Crippen LogP contribution in [0, 0.1) is 47.4 Å². The summed E-state index contributed by atoms with van der Waals surface area (Å²) in [6.07, 6.45) is 5.81. The van der Waals surface area contributed by atoms with Crippen LogP contribution in [0.4, 0.5) is 4.79 Å². The van der Waals surface area contributed by atoms with E-state index >= 15 is 0 Å². The van der Waals surface area contributed by atoms with Crippen molar-refractivity contribution in [1.82, 2.24) is 45.4 Å². The SMILES string of the molecule is COC(=O)N[C@H](C(=O)N1C[C@@H](C)C[C@H]1c1ncc(C#Cc2ccc(C#Cc3cnc([C@@H]4C[C@H](C)CN4C(=O)[C@@H](NC(C)=O)C(C)C)[nH]3)cn2)[nH]1)C(C)C. The van der Waals surface area contributed by atoms with Gasteiger partial charge in [-0.3, -0.25) is 14.4 Å². The number of alkyl carbamates (subject to hydrolysis) is 1. The second-order valence-corrected chi connectivity index (χ2v) is 14.8. The van der Waals surface area contributed by atoms with E-state index in [0.29, 0.717) is 47.4 Å². The van der Waals surface area contributed by atoms with Crippen LogP contribution in [0.25, 0.3) is 0 Å². The molecule has 6 atom stereocenters. The van der Waals surface area contributed by atoms with Crippen LogP contribution in [-0.2, 0) is 19.1 Å². The third-order valence-electron chi connectivity index (χ3n) is 9.52. The van der Waals surface area contributed by atoms with Crippen LogP contribution >= 0.6 is 0 Å². The lowest BCUT2D eigenvalue weighted by Gasteiger charge is -2.30. The van der Waals surface area contributed by atoms with Crippen molar-refractivity contribution in [3.05, 3.63) is 65.0 Å². The molecule has 3 aromatic heterocycles. The lowest BCUT2D eigenvalue weighted by molar-refractivity contribution is -0.138. The molecule has 2 saturated heterocycles. The Kier molecular flexibility index (Phi) is 12.2. The van der Waals surface area contributed by atoms with Gasteiger partial charge in [0.15, 0.2) is 0 Å². The number of carbonyl (C=O) groups excluding carboxylic acids is 4. The van der Waals surface area contributed by atoms with E-state index in [-0.39, 0.29) is 53.5 Å². The molecule has 0 saturated carbocycles. The van der Waals surface area contributed by atoms with E-state index in [2.05, 4.69) is 73.1 Å². The zero-order valence-corrected chi connectivity index (χ0v) is 31.6.